The van der Waals surface area contributed by atoms with E-state index in [1.807, 2.05) is 13.0 Å². The molecule has 0 aliphatic heterocycles. The van der Waals surface area contributed by atoms with E-state index in [9.17, 15) is 0 Å². The van der Waals surface area contributed by atoms with Gasteiger partial charge in [0.2, 0.25) is 0 Å². The van der Waals surface area contributed by atoms with Gasteiger partial charge in [0, 0.05) is 0 Å². The Balaban J connectivity index is 3.12. The standard InChI is InChI=1S/C11H13/c1-4-5-11-8-9(2)6-7-10(11)3/h4,6-8H,1-3H3. The fourth-order valence-electron chi connectivity index (χ4n) is 1.05. The minimum Gasteiger partial charge on any atom is -0.0792 e. The highest BCUT2D eigenvalue weighted by molar-refractivity contribution is 5.34. The van der Waals surface area contributed by atoms with Gasteiger partial charge in [0.1, 0.15) is 0 Å². The highest BCUT2D eigenvalue weighted by Gasteiger charge is 1.92. The first-order valence-electron chi connectivity index (χ1n) is 3.85. The first kappa shape index (κ1) is 8.06. The zero-order valence-corrected chi connectivity index (χ0v) is 7.31. The van der Waals surface area contributed by atoms with E-state index >= 15 is 0 Å². The molecule has 0 aromatic heterocycles. The minimum absolute atomic E-state index is 1.20. The smallest absolute Gasteiger partial charge is 0.0149 e. The van der Waals surface area contributed by atoms with Crippen molar-refractivity contribution in [2.75, 3.05) is 0 Å². The molecule has 0 nitrogen and oxygen atoms in total. The van der Waals surface area contributed by atoms with Crippen LogP contribution in [-0.4, -0.2) is 0 Å². The maximum Gasteiger partial charge on any atom is -0.0149 e. The maximum atomic E-state index is 3.19. The lowest BCUT2D eigenvalue weighted by Crippen LogP contribution is -1.82. The molecule has 0 spiro atoms. The van der Waals surface area contributed by atoms with Crippen molar-refractivity contribution in [3.8, 4) is 0 Å². The minimum atomic E-state index is 1.20. The van der Waals surface area contributed by atoms with Gasteiger partial charge < -0.3 is 0 Å². The van der Waals surface area contributed by atoms with Crippen molar-refractivity contribution >= 4 is 0 Å². The SMILES string of the molecule is C/C=[C]/c1cc(C)ccc1C. The Morgan fingerprint density at radius 3 is 2.64 bits per heavy atom. The molecule has 0 amide bonds. The van der Waals surface area contributed by atoms with Crippen LogP contribution in [0.1, 0.15) is 23.6 Å². The summed E-state index contributed by atoms with van der Waals surface area (Å²) in [6.07, 6.45) is 5.14. The van der Waals surface area contributed by atoms with Crippen LogP contribution in [-0.2, 0) is 0 Å². The number of aryl methyl sites for hydroxylation is 2. The van der Waals surface area contributed by atoms with E-state index in [1.54, 1.807) is 0 Å². The van der Waals surface area contributed by atoms with Crippen molar-refractivity contribution in [2.24, 2.45) is 0 Å². The highest BCUT2D eigenvalue weighted by atomic mass is 14.0. The predicted molar refractivity (Wildman–Crippen MR) is 48.5 cm³/mol. The van der Waals surface area contributed by atoms with Crippen molar-refractivity contribution in [3.63, 3.8) is 0 Å². The van der Waals surface area contributed by atoms with Crippen LogP contribution in [0.4, 0.5) is 0 Å². The van der Waals surface area contributed by atoms with Gasteiger partial charge in [-0.05, 0) is 38.0 Å². The molecule has 0 atom stereocenters. The van der Waals surface area contributed by atoms with Crippen molar-refractivity contribution in [2.45, 2.75) is 20.8 Å². The zero-order chi connectivity index (χ0) is 8.27. The van der Waals surface area contributed by atoms with Crippen LogP contribution >= 0.6 is 0 Å². The van der Waals surface area contributed by atoms with E-state index in [0.29, 0.717) is 0 Å². The van der Waals surface area contributed by atoms with Crippen LogP contribution in [0.2, 0.25) is 0 Å². The predicted octanol–water partition coefficient (Wildman–Crippen LogP) is 3.03. The molecule has 1 rings (SSSR count). The molecule has 0 unspecified atom stereocenters. The van der Waals surface area contributed by atoms with Crippen molar-refractivity contribution < 1.29 is 0 Å². The fourth-order valence-corrected chi connectivity index (χ4v) is 1.05. The zero-order valence-electron chi connectivity index (χ0n) is 7.31. The van der Waals surface area contributed by atoms with Crippen LogP contribution in [0.25, 0.3) is 0 Å². The highest BCUT2D eigenvalue weighted by Crippen LogP contribution is 2.10. The molecule has 1 aromatic carbocycles. The van der Waals surface area contributed by atoms with Crippen molar-refractivity contribution in [3.05, 3.63) is 47.0 Å². The van der Waals surface area contributed by atoms with Crippen LogP contribution in [0.5, 0.6) is 0 Å². The van der Waals surface area contributed by atoms with Gasteiger partial charge in [-0.3, -0.25) is 0 Å². The monoisotopic (exact) mass is 145 g/mol. The molecule has 0 aliphatic carbocycles. The van der Waals surface area contributed by atoms with Gasteiger partial charge in [0.25, 0.3) is 0 Å². The average molecular weight is 145 g/mol. The van der Waals surface area contributed by atoms with Crippen LogP contribution in [0.3, 0.4) is 0 Å². The van der Waals surface area contributed by atoms with E-state index in [0.717, 1.165) is 0 Å². The van der Waals surface area contributed by atoms with E-state index in [1.165, 1.54) is 16.7 Å². The number of allylic oxidation sites excluding steroid dienone is 1. The van der Waals surface area contributed by atoms with Crippen LogP contribution in [0.15, 0.2) is 24.3 Å². The molecule has 1 radical (unpaired) electrons. The third-order valence-electron chi connectivity index (χ3n) is 1.69. The number of hydrogen-bond acceptors (Lipinski definition) is 0. The second-order valence-corrected chi connectivity index (χ2v) is 2.75. The average Bonchev–Trinajstić information content (AvgIpc) is 1.98. The molecular weight excluding hydrogens is 132 g/mol. The fraction of sp³-hybridized carbons (Fsp3) is 0.273. The first-order valence-corrected chi connectivity index (χ1v) is 3.85. The molecule has 0 bridgehead atoms. The van der Waals surface area contributed by atoms with Gasteiger partial charge in [0.05, 0.1) is 0 Å². The number of benzene rings is 1. The first-order chi connectivity index (χ1) is 5.24. The lowest BCUT2D eigenvalue weighted by Gasteiger charge is -1.99. The Morgan fingerprint density at radius 2 is 2.00 bits per heavy atom. The van der Waals surface area contributed by atoms with Gasteiger partial charge in [-0.15, -0.1) is 0 Å². The Morgan fingerprint density at radius 1 is 1.27 bits per heavy atom. The molecule has 0 heteroatoms. The van der Waals surface area contributed by atoms with Gasteiger partial charge in [0.15, 0.2) is 0 Å². The molecule has 1 aromatic rings. The Kier molecular flexibility index (Phi) is 2.48. The maximum absolute atomic E-state index is 3.19. The molecule has 0 N–H and O–H groups in total. The quantitative estimate of drug-likeness (QED) is 0.569. The number of rotatable bonds is 1. The molecular formula is C11H13. The summed E-state index contributed by atoms with van der Waals surface area (Å²) in [6.45, 7) is 6.19. The Labute approximate surface area is 68.6 Å². The second kappa shape index (κ2) is 3.38. The third-order valence-corrected chi connectivity index (χ3v) is 1.69. The largest absolute Gasteiger partial charge is 0.0792 e. The van der Waals surface area contributed by atoms with Crippen molar-refractivity contribution in [1.82, 2.24) is 0 Å². The lowest BCUT2D eigenvalue weighted by atomic mass is 10.1. The summed E-state index contributed by atoms with van der Waals surface area (Å²) in [5.41, 5.74) is 3.78. The number of hydrogen-bond donors (Lipinski definition) is 0. The van der Waals surface area contributed by atoms with Gasteiger partial charge in [-0.1, -0.05) is 29.8 Å². The second-order valence-electron chi connectivity index (χ2n) is 2.75. The van der Waals surface area contributed by atoms with E-state index in [-0.39, 0.29) is 0 Å². The molecule has 0 heterocycles. The molecule has 0 saturated carbocycles. The summed E-state index contributed by atoms with van der Waals surface area (Å²) in [7, 11) is 0. The topological polar surface area (TPSA) is 0 Å². The van der Waals surface area contributed by atoms with Crippen LogP contribution in [0, 0.1) is 19.9 Å². The Hall–Kier alpha value is -1.04. The normalized spacial score (nSPS) is 10.8. The third kappa shape index (κ3) is 1.94. The molecule has 0 aliphatic rings. The van der Waals surface area contributed by atoms with E-state index in [2.05, 4.69) is 38.1 Å². The molecule has 57 valence electrons. The molecule has 11 heavy (non-hydrogen) atoms. The summed E-state index contributed by atoms with van der Waals surface area (Å²) in [5, 5.41) is 0. The summed E-state index contributed by atoms with van der Waals surface area (Å²) in [4.78, 5) is 0. The summed E-state index contributed by atoms with van der Waals surface area (Å²) < 4.78 is 0. The Bertz CT molecular complexity index is 269. The van der Waals surface area contributed by atoms with Gasteiger partial charge >= 0.3 is 0 Å². The summed E-state index contributed by atoms with van der Waals surface area (Å²) in [6, 6.07) is 6.40. The molecule has 0 fully saturated rings. The van der Waals surface area contributed by atoms with E-state index in [4.69, 9.17) is 0 Å². The van der Waals surface area contributed by atoms with Crippen molar-refractivity contribution in [1.29, 1.82) is 0 Å². The van der Waals surface area contributed by atoms with Gasteiger partial charge in [-0.25, -0.2) is 0 Å². The van der Waals surface area contributed by atoms with Gasteiger partial charge in [-0.2, -0.15) is 0 Å². The lowest BCUT2D eigenvalue weighted by molar-refractivity contribution is 1.34. The van der Waals surface area contributed by atoms with E-state index < -0.39 is 0 Å². The van der Waals surface area contributed by atoms with Crippen LogP contribution < -0.4 is 0 Å². The summed E-state index contributed by atoms with van der Waals surface area (Å²) >= 11 is 0. The molecule has 0 saturated heterocycles. The summed E-state index contributed by atoms with van der Waals surface area (Å²) in [5.74, 6) is 0.